The minimum atomic E-state index is 0.375. The van der Waals surface area contributed by atoms with Gasteiger partial charge in [0.05, 0.1) is 6.04 Å². The van der Waals surface area contributed by atoms with Crippen LogP contribution in [0.5, 0.6) is 0 Å². The Hall–Kier alpha value is -0.760. The molecule has 0 aliphatic rings. The molecule has 0 saturated heterocycles. The highest BCUT2D eigenvalue weighted by atomic mass is 16.3. The molecular formula is C14H25NO. The lowest BCUT2D eigenvalue weighted by Gasteiger charge is -2.24. The zero-order chi connectivity index (χ0) is 12.0. The van der Waals surface area contributed by atoms with Crippen LogP contribution in [0.1, 0.15) is 58.1 Å². The first kappa shape index (κ1) is 13.3. The molecule has 0 saturated carbocycles. The van der Waals surface area contributed by atoms with E-state index in [1.165, 1.54) is 12.8 Å². The lowest BCUT2D eigenvalue weighted by molar-refractivity contribution is 0.293. The highest BCUT2D eigenvalue weighted by molar-refractivity contribution is 5.11. The van der Waals surface area contributed by atoms with Gasteiger partial charge in [-0.15, -0.1) is 0 Å². The van der Waals surface area contributed by atoms with Gasteiger partial charge >= 0.3 is 0 Å². The van der Waals surface area contributed by atoms with Crippen molar-refractivity contribution in [3.8, 4) is 0 Å². The van der Waals surface area contributed by atoms with Gasteiger partial charge in [0.2, 0.25) is 0 Å². The van der Waals surface area contributed by atoms with Gasteiger partial charge in [-0.1, -0.05) is 40.5 Å². The van der Waals surface area contributed by atoms with Crippen molar-refractivity contribution in [1.29, 1.82) is 0 Å². The van der Waals surface area contributed by atoms with Gasteiger partial charge in [0.15, 0.2) is 0 Å². The Labute approximate surface area is 99.4 Å². The minimum absolute atomic E-state index is 0.375. The lowest BCUT2D eigenvalue weighted by atomic mass is 9.92. The molecule has 1 aromatic heterocycles. The summed E-state index contributed by atoms with van der Waals surface area (Å²) in [4.78, 5) is 0. The number of furan rings is 1. The Morgan fingerprint density at radius 1 is 1.12 bits per heavy atom. The fourth-order valence-electron chi connectivity index (χ4n) is 2.23. The lowest BCUT2D eigenvalue weighted by Crippen LogP contribution is -2.27. The highest BCUT2D eigenvalue weighted by Gasteiger charge is 2.22. The molecule has 0 radical (unpaired) electrons. The topological polar surface area (TPSA) is 25.2 Å². The van der Waals surface area contributed by atoms with Gasteiger partial charge in [-0.05, 0) is 24.6 Å². The molecule has 0 aromatic carbocycles. The van der Waals surface area contributed by atoms with Crippen molar-refractivity contribution in [3.05, 3.63) is 23.7 Å². The maximum atomic E-state index is 5.87. The Morgan fingerprint density at radius 2 is 1.81 bits per heavy atom. The molecule has 0 spiro atoms. The van der Waals surface area contributed by atoms with Crippen LogP contribution < -0.4 is 5.32 Å². The van der Waals surface area contributed by atoms with Gasteiger partial charge in [0.1, 0.15) is 11.5 Å². The van der Waals surface area contributed by atoms with Gasteiger partial charge in [-0.25, -0.2) is 0 Å². The molecule has 1 atom stereocenters. The first-order valence-electron chi connectivity index (χ1n) is 6.58. The Kier molecular flexibility index (Phi) is 5.61. The zero-order valence-corrected chi connectivity index (χ0v) is 11.0. The van der Waals surface area contributed by atoms with Crippen LogP contribution in [0.15, 0.2) is 16.5 Å². The molecule has 1 aromatic rings. The van der Waals surface area contributed by atoms with E-state index in [2.05, 4.69) is 45.1 Å². The molecule has 2 nitrogen and oxygen atoms in total. The van der Waals surface area contributed by atoms with E-state index in [0.717, 1.165) is 24.5 Å². The van der Waals surface area contributed by atoms with Crippen LogP contribution in [0.3, 0.4) is 0 Å². The van der Waals surface area contributed by atoms with Crippen LogP contribution >= 0.6 is 0 Å². The fraction of sp³-hybridized carbons (Fsp3) is 0.714. The van der Waals surface area contributed by atoms with E-state index in [4.69, 9.17) is 4.42 Å². The zero-order valence-electron chi connectivity index (χ0n) is 11.0. The van der Waals surface area contributed by atoms with Crippen molar-refractivity contribution < 1.29 is 4.42 Å². The van der Waals surface area contributed by atoms with E-state index < -0.39 is 0 Å². The van der Waals surface area contributed by atoms with Crippen molar-refractivity contribution in [3.63, 3.8) is 0 Å². The van der Waals surface area contributed by atoms with E-state index in [-0.39, 0.29) is 0 Å². The SMILES string of the molecule is CCNC(c1ccc(CC)o1)C(CC)CC. The summed E-state index contributed by atoms with van der Waals surface area (Å²) in [5, 5.41) is 3.54. The molecule has 1 N–H and O–H groups in total. The molecule has 1 rings (SSSR count). The summed E-state index contributed by atoms with van der Waals surface area (Å²) in [5.41, 5.74) is 0. The van der Waals surface area contributed by atoms with E-state index in [1.807, 2.05) is 0 Å². The highest BCUT2D eigenvalue weighted by Crippen LogP contribution is 2.28. The van der Waals surface area contributed by atoms with Crippen LogP contribution in [-0.2, 0) is 6.42 Å². The van der Waals surface area contributed by atoms with Crippen LogP contribution in [0.4, 0.5) is 0 Å². The second-order valence-corrected chi connectivity index (χ2v) is 4.27. The summed E-state index contributed by atoms with van der Waals surface area (Å²) in [5.74, 6) is 2.85. The second-order valence-electron chi connectivity index (χ2n) is 4.27. The molecule has 92 valence electrons. The average molecular weight is 223 g/mol. The molecule has 0 aliphatic heterocycles. The number of hydrogen-bond donors (Lipinski definition) is 1. The predicted molar refractivity (Wildman–Crippen MR) is 68.6 cm³/mol. The molecule has 16 heavy (non-hydrogen) atoms. The minimum Gasteiger partial charge on any atom is -0.464 e. The van der Waals surface area contributed by atoms with Gasteiger partial charge in [-0.2, -0.15) is 0 Å². The van der Waals surface area contributed by atoms with Gasteiger partial charge in [-0.3, -0.25) is 0 Å². The summed E-state index contributed by atoms with van der Waals surface area (Å²) in [6, 6.07) is 4.60. The van der Waals surface area contributed by atoms with Crippen LogP contribution in [0.25, 0.3) is 0 Å². The van der Waals surface area contributed by atoms with Gasteiger partial charge < -0.3 is 9.73 Å². The summed E-state index contributed by atoms with van der Waals surface area (Å²) in [6.07, 6.45) is 3.36. The summed E-state index contributed by atoms with van der Waals surface area (Å²) >= 11 is 0. The van der Waals surface area contributed by atoms with Crippen molar-refractivity contribution in [1.82, 2.24) is 5.32 Å². The van der Waals surface area contributed by atoms with Crippen LogP contribution in [0.2, 0.25) is 0 Å². The average Bonchev–Trinajstić information content (AvgIpc) is 2.77. The molecular weight excluding hydrogens is 198 g/mol. The van der Waals surface area contributed by atoms with Crippen molar-refractivity contribution in [2.45, 2.75) is 53.0 Å². The molecule has 1 heterocycles. The molecule has 2 heteroatoms. The predicted octanol–water partition coefficient (Wildman–Crippen LogP) is 3.93. The van der Waals surface area contributed by atoms with Crippen molar-refractivity contribution in [2.75, 3.05) is 6.54 Å². The fourth-order valence-corrected chi connectivity index (χ4v) is 2.23. The van der Waals surface area contributed by atoms with Crippen LogP contribution in [0, 0.1) is 5.92 Å². The van der Waals surface area contributed by atoms with Crippen molar-refractivity contribution in [2.24, 2.45) is 5.92 Å². The quantitative estimate of drug-likeness (QED) is 0.757. The number of nitrogens with one attached hydrogen (secondary N) is 1. The standard InChI is InChI=1S/C14H25NO/c1-5-11(6-2)14(15-8-4)13-10-9-12(7-3)16-13/h9-11,14-15H,5-8H2,1-4H3. The molecule has 0 fully saturated rings. The smallest absolute Gasteiger partial charge is 0.121 e. The first-order chi connectivity index (χ1) is 7.76. The normalized spacial score (nSPS) is 13.3. The monoisotopic (exact) mass is 223 g/mol. The van der Waals surface area contributed by atoms with E-state index in [1.54, 1.807) is 0 Å². The molecule has 0 bridgehead atoms. The number of aryl methyl sites for hydroxylation is 1. The van der Waals surface area contributed by atoms with E-state index >= 15 is 0 Å². The molecule has 1 unspecified atom stereocenters. The maximum absolute atomic E-state index is 5.87. The van der Waals surface area contributed by atoms with Gasteiger partial charge in [0, 0.05) is 6.42 Å². The molecule has 0 aliphatic carbocycles. The third-order valence-electron chi connectivity index (χ3n) is 3.28. The Bertz CT molecular complexity index is 289. The summed E-state index contributed by atoms with van der Waals surface area (Å²) < 4.78 is 5.87. The Morgan fingerprint density at radius 3 is 2.25 bits per heavy atom. The Balaban J connectivity index is 2.82. The number of rotatable bonds is 7. The number of hydrogen-bond acceptors (Lipinski definition) is 2. The molecule has 0 amide bonds. The second kappa shape index (κ2) is 6.74. The third-order valence-corrected chi connectivity index (χ3v) is 3.28. The summed E-state index contributed by atoms with van der Waals surface area (Å²) in [6.45, 7) is 9.77. The van der Waals surface area contributed by atoms with Crippen LogP contribution in [-0.4, -0.2) is 6.54 Å². The van der Waals surface area contributed by atoms with E-state index in [0.29, 0.717) is 12.0 Å². The summed E-state index contributed by atoms with van der Waals surface area (Å²) in [7, 11) is 0. The van der Waals surface area contributed by atoms with Gasteiger partial charge in [0.25, 0.3) is 0 Å². The van der Waals surface area contributed by atoms with Crippen molar-refractivity contribution >= 4 is 0 Å². The van der Waals surface area contributed by atoms with E-state index in [9.17, 15) is 0 Å². The maximum Gasteiger partial charge on any atom is 0.121 e. The largest absolute Gasteiger partial charge is 0.464 e. The third kappa shape index (κ3) is 3.11. The first-order valence-corrected chi connectivity index (χ1v) is 6.58.